The number of nitrogen functional groups attached to an aromatic ring is 1. The maximum atomic E-state index is 5.92. The Bertz CT molecular complexity index is 725. The van der Waals surface area contributed by atoms with Gasteiger partial charge in [0.05, 0.1) is 7.11 Å². The third kappa shape index (κ3) is 2.17. The highest BCUT2D eigenvalue weighted by Gasteiger charge is 2.08. The Morgan fingerprint density at radius 3 is 3.00 bits per heavy atom. The van der Waals surface area contributed by atoms with Gasteiger partial charge < -0.3 is 15.8 Å². The first kappa shape index (κ1) is 11.7. The molecule has 1 aromatic carbocycles. The summed E-state index contributed by atoms with van der Waals surface area (Å²) < 4.78 is 6.32. The van der Waals surface area contributed by atoms with Crippen molar-refractivity contribution < 1.29 is 4.74 Å². The van der Waals surface area contributed by atoms with E-state index in [9.17, 15) is 0 Å². The van der Waals surface area contributed by atoms with E-state index in [-0.39, 0.29) is 0 Å². The van der Waals surface area contributed by atoms with Gasteiger partial charge in [-0.1, -0.05) is 0 Å². The molecule has 0 bridgehead atoms. The molecule has 6 heteroatoms. The van der Waals surface area contributed by atoms with Crippen LogP contribution in [0.1, 0.15) is 0 Å². The fraction of sp³-hybridized carbons (Fsp3) is 0.0769. The van der Waals surface area contributed by atoms with Crippen LogP contribution in [0.3, 0.4) is 0 Å². The lowest BCUT2D eigenvalue weighted by Gasteiger charge is -2.10. The maximum Gasteiger partial charge on any atom is 0.242 e. The lowest BCUT2D eigenvalue weighted by Crippen LogP contribution is -2.03. The summed E-state index contributed by atoms with van der Waals surface area (Å²) in [5, 5.41) is 6.43. The van der Waals surface area contributed by atoms with Gasteiger partial charge in [-0.3, -0.25) is 0 Å². The van der Waals surface area contributed by atoms with Gasteiger partial charge in [0.25, 0.3) is 0 Å². The van der Waals surface area contributed by atoms with Crippen molar-refractivity contribution in [3.05, 3.63) is 36.0 Å². The second-order valence-electron chi connectivity index (χ2n) is 3.94. The van der Waals surface area contributed by atoms with Crippen molar-refractivity contribution in [3.63, 3.8) is 0 Å². The Morgan fingerprint density at radius 1 is 1.26 bits per heavy atom. The minimum Gasteiger partial charge on any atom is -0.479 e. The summed E-state index contributed by atoms with van der Waals surface area (Å²) in [5.41, 5.74) is 7.25. The van der Waals surface area contributed by atoms with Crippen LogP contribution in [0.25, 0.3) is 10.1 Å². The van der Waals surface area contributed by atoms with E-state index in [0.29, 0.717) is 17.4 Å². The Balaban J connectivity index is 1.96. The van der Waals surface area contributed by atoms with Crippen LogP contribution < -0.4 is 15.8 Å². The van der Waals surface area contributed by atoms with Crippen LogP contribution in [0.15, 0.2) is 36.0 Å². The number of hydrogen-bond donors (Lipinski definition) is 2. The van der Waals surface area contributed by atoms with Crippen molar-refractivity contribution in [2.24, 2.45) is 0 Å². The van der Waals surface area contributed by atoms with E-state index in [1.54, 1.807) is 11.3 Å². The molecule has 3 rings (SSSR count). The standard InChI is InChI=1S/C13H12N4OS/c1-18-13-11(14)12(15-7-16-13)17-9-2-3-10-8(6-9)4-5-19-10/h2-7H,14H2,1H3,(H,15,16,17). The molecule has 3 aromatic rings. The maximum absolute atomic E-state index is 5.92. The van der Waals surface area contributed by atoms with Crippen molar-refractivity contribution in [2.45, 2.75) is 0 Å². The molecule has 0 aliphatic rings. The number of ether oxygens (including phenoxy) is 1. The van der Waals surface area contributed by atoms with Crippen LogP contribution in [-0.2, 0) is 0 Å². The fourth-order valence-electron chi connectivity index (χ4n) is 1.82. The van der Waals surface area contributed by atoms with Gasteiger partial charge in [0.2, 0.25) is 5.88 Å². The average molecular weight is 272 g/mol. The van der Waals surface area contributed by atoms with Gasteiger partial charge in [0.15, 0.2) is 5.82 Å². The molecular formula is C13H12N4OS. The molecule has 0 aliphatic carbocycles. The summed E-state index contributed by atoms with van der Waals surface area (Å²) in [6.45, 7) is 0. The van der Waals surface area contributed by atoms with E-state index in [1.165, 1.54) is 23.5 Å². The summed E-state index contributed by atoms with van der Waals surface area (Å²) in [4.78, 5) is 8.07. The number of rotatable bonds is 3. The van der Waals surface area contributed by atoms with Gasteiger partial charge in [-0.2, -0.15) is 4.98 Å². The fourth-order valence-corrected chi connectivity index (χ4v) is 2.59. The Labute approximate surface area is 114 Å². The topological polar surface area (TPSA) is 73.1 Å². The van der Waals surface area contributed by atoms with Crippen LogP contribution in [0.5, 0.6) is 5.88 Å². The molecular weight excluding hydrogens is 260 g/mol. The van der Waals surface area contributed by atoms with Crippen LogP contribution in [0.4, 0.5) is 17.2 Å². The summed E-state index contributed by atoms with van der Waals surface area (Å²) in [7, 11) is 1.53. The highest BCUT2D eigenvalue weighted by atomic mass is 32.1. The minimum absolute atomic E-state index is 0.370. The first-order chi connectivity index (χ1) is 9.28. The smallest absolute Gasteiger partial charge is 0.242 e. The second-order valence-corrected chi connectivity index (χ2v) is 4.89. The third-order valence-corrected chi connectivity index (χ3v) is 3.65. The monoisotopic (exact) mass is 272 g/mol. The van der Waals surface area contributed by atoms with Gasteiger partial charge >= 0.3 is 0 Å². The van der Waals surface area contributed by atoms with E-state index in [2.05, 4.69) is 38.9 Å². The zero-order chi connectivity index (χ0) is 13.2. The van der Waals surface area contributed by atoms with Crippen LogP contribution in [-0.4, -0.2) is 17.1 Å². The van der Waals surface area contributed by atoms with Crippen molar-refractivity contribution >= 4 is 38.6 Å². The summed E-state index contributed by atoms with van der Waals surface area (Å²) in [6, 6.07) is 8.19. The predicted molar refractivity (Wildman–Crippen MR) is 78.1 cm³/mol. The molecule has 0 aliphatic heterocycles. The Hall–Kier alpha value is -2.34. The zero-order valence-electron chi connectivity index (χ0n) is 10.3. The zero-order valence-corrected chi connectivity index (χ0v) is 11.1. The molecule has 5 nitrogen and oxygen atoms in total. The normalized spacial score (nSPS) is 10.6. The molecule has 2 heterocycles. The number of thiophene rings is 1. The molecule has 3 N–H and O–H groups in total. The highest BCUT2D eigenvalue weighted by Crippen LogP contribution is 2.29. The number of fused-ring (bicyclic) bond motifs is 1. The van der Waals surface area contributed by atoms with Crippen LogP contribution in [0, 0.1) is 0 Å². The summed E-state index contributed by atoms with van der Waals surface area (Å²) >= 11 is 1.71. The molecule has 0 amide bonds. The van der Waals surface area contributed by atoms with Gasteiger partial charge in [-0.25, -0.2) is 4.98 Å². The van der Waals surface area contributed by atoms with Crippen molar-refractivity contribution in [2.75, 3.05) is 18.2 Å². The van der Waals surface area contributed by atoms with Gasteiger partial charge in [-0.15, -0.1) is 11.3 Å². The molecule has 0 saturated heterocycles. The lowest BCUT2D eigenvalue weighted by atomic mass is 10.2. The molecule has 0 radical (unpaired) electrons. The van der Waals surface area contributed by atoms with Gasteiger partial charge in [-0.05, 0) is 35.0 Å². The van der Waals surface area contributed by atoms with Crippen molar-refractivity contribution in [3.8, 4) is 5.88 Å². The molecule has 0 spiro atoms. The lowest BCUT2D eigenvalue weighted by molar-refractivity contribution is 0.399. The highest BCUT2D eigenvalue weighted by molar-refractivity contribution is 7.17. The van der Waals surface area contributed by atoms with Gasteiger partial charge in [0.1, 0.15) is 12.0 Å². The first-order valence-electron chi connectivity index (χ1n) is 5.66. The number of hydrogen-bond acceptors (Lipinski definition) is 6. The number of nitrogens with zero attached hydrogens (tertiary/aromatic N) is 2. The molecule has 0 atom stereocenters. The number of anilines is 3. The number of nitrogens with one attached hydrogen (secondary N) is 1. The molecule has 0 unspecified atom stereocenters. The quantitative estimate of drug-likeness (QED) is 0.766. The molecule has 2 aromatic heterocycles. The number of methoxy groups -OCH3 is 1. The number of benzene rings is 1. The molecule has 0 saturated carbocycles. The number of aromatic nitrogens is 2. The predicted octanol–water partition coefficient (Wildman–Crippen LogP) is 3.03. The number of nitrogens with two attached hydrogens (primary N) is 1. The van der Waals surface area contributed by atoms with E-state index < -0.39 is 0 Å². The van der Waals surface area contributed by atoms with E-state index in [0.717, 1.165) is 5.69 Å². The van der Waals surface area contributed by atoms with Gasteiger partial charge in [0, 0.05) is 10.4 Å². The average Bonchev–Trinajstić information content (AvgIpc) is 2.88. The van der Waals surface area contributed by atoms with Crippen LogP contribution in [0.2, 0.25) is 0 Å². The van der Waals surface area contributed by atoms with Crippen molar-refractivity contribution in [1.29, 1.82) is 0 Å². The second kappa shape index (κ2) is 4.74. The molecule has 19 heavy (non-hydrogen) atoms. The third-order valence-electron chi connectivity index (χ3n) is 2.76. The Morgan fingerprint density at radius 2 is 2.16 bits per heavy atom. The largest absolute Gasteiger partial charge is 0.479 e. The summed E-state index contributed by atoms with van der Waals surface area (Å²) in [6.07, 6.45) is 1.42. The minimum atomic E-state index is 0.370. The van der Waals surface area contributed by atoms with E-state index in [1.807, 2.05) is 6.07 Å². The summed E-state index contributed by atoms with van der Waals surface area (Å²) in [5.74, 6) is 0.913. The first-order valence-corrected chi connectivity index (χ1v) is 6.54. The van der Waals surface area contributed by atoms with Crippen LogP contribution >= 0.6 is 11.3 Å². The van der Waals surface area contributed by atoms with E-state index >= 15 is 0 Å². The SMILES string of the molecule is COc1ncnc(Nc2ccc3sccc3c2)c1N. The molecule has 0 fully saturated rings. The van der Waals surface area contributed by atoms with E-state index in [4.69, 9.17) is 10.5 Å². The molecule has 96 valence electrons. The Kier molecular flexibility index (Phi) is 2.92. The van der Waals surface area contributed by atoms with Crippen molar-refractivity contribution in [1.82, 2.24) is 9.97 Å².